The molecule has 2 atom stereocenters. The number of carbonyl (C=O) groups is 2. The fraction of sp³-hybridized carbons (Fsp3) is 0.643. The van der Waals surface area contributed by atoms with Gasteiger partial charge < -0.3 is 9.80 Å². The fourth-order valence-corrected chi connectivity index (χ4v) is 3.98. The van der Waals surface area contributed by atoms with E-state index in [-0.39, 0.29) is 23.9 Å². The Hall–Kier alpha value is -1.43. The molecule has 1 aromatic rings. The maximum Gasteiger partial charge on any atom is 0.246 e. The molecule has 2 unspecified atom stereocenters. The third-order valence-electron chi connectivity index (χ3n) is 4.15. The van der Waals surface area contributed by atoms with Gasteiger partial charge in [-0.3, -0.25) is 9.59 Å². The van der Waals surface area contributed by atoms with Gasteiger partial charge in [-0.05, 0) is 26.2 Å². The molecule has 108 valence electrons. The van der Waals surface area contributed by atoms with Gasteiger partial charge in [0.1, 0.15) is 12.1 Å². The van der Waals surface area contributed by atoms with Crippen molar-refractivity contribution in [3.05, 3.63) is 16.1 Å². The average molecular weight is 293 g/mol. The zero-order valence-electron chi connectivity index (χ0n) is 11.8. The Morgan fingerprint density at radius 3 is 2.85 bits per heavy atom. The van der Waals surface area contributed by atoms with Crippen LogP contribution in [0.3, 0.4) is 0 Å². The maximum atomic E-state index is 12.6. The first-order chi connectivity index (χ1) is 9.61. The number of rotatable bonds is 3. The van der Waals surface area contributed by atoms with E-state index in [1.165, 1.54) is 0 Å². The molecule has 0 radical (unpaired) electrons. The Morgan fingerprint density at radius 1 is 1.40 bits per heavy atom. The predicted octanol–water partition coefficient (Wildman–Crippen LogP) is 1.56. The molecule has 0 N–H and O–H groups in total. The van der Waals surface area contributed by atoms with Gasteiger partial charge in [-0.15, -0.1) is 11.3 Å². The van der Waals surface area contributed by atoms with E-state index in [2.05, 4.69) is 4.98 Å². The van der Waals surface area contributed by atoms with E-state index in [0.717, 1.165) is 29.3 Å². The number of fused-ring (bicyclic) bond motifs is 1. The first-order valence-corrected chi connectivity index (χ1v) is 7.95. The lowest BCUT2D eigenvalue weighted by molar-refractivity contribution is -0.160. The summed E-state index contributed by atoms with van der Waals surface area (Å²) in [6, 6.07) is -0.529. The second-order valence-electron chi connectivity index (χ2n) is 5.43. The molecule has 2 aliphatic rings. The fourth-order valence-electron chi connectivity index (χ4n) is 3.19. The number of amides is 2. The van der Waals surface area contributed by atoms with E-state index in [0.29, 0.717) is 13.0 Å². The molecular formula is C14H19N3O2S. The van der Waals surface area contributed by atoms with E-state index < -0.39 is 0 Å². The highest BCUT2D eigenvalue weighted by Gasteiger charge is 2.46. The molecule has 6 heteroatoms. The molecule has 3 rings (SSSR count). The van der Waals surface area contributed by atoms with E-state index in [1.54, 1.807) is 21.1 Å². The second-order valence-corrected chi connectivity index (χ2v) is 6.74. The smallest absolute Gasteiger partial charge is 0.246 e. The van der Waals surface area contributed by atoms with Crippen molar-refractivity contribution in [1.82, 2.24) is 14.8 Å². The monoisotopic (exact) mass is 293 g/mol. The molecule has 0 saturated carbocycles. The number of nitrogens with zero attached hydrogens (tertiary/aromatic N) is 3. The van der Waals surface area contributed by atoms with Gasteiger partial charge >= 0.3 is 0 Å². The van der Waals surface area contributed by atoms with Crippen LogP contribution in [-0.4, -0.2) is 45.2 Å². The van der Waals surface area contributed by atoms with E-state index in [9.17, 15) is 9.59 Å². The van der Waals surface area contributed by atoms with Crippen LogP contribution in [0.25, 0.3) is 0 Å². The van der Waals surface area contributed by atoms with Gasteiger partial charge in [-0.25, -0.2) is 4.98 Å². The van der Waals surface area contributed by atoms with Crippen molar-refractivity contribution in [3.63, 3.8) is 0 Å². The van der Waals surface area contributed by atoms with Gasteiger partial charge in [0.25, 0.3) is 0 Å². The third kappa shape index (κ3) is 2.12. The minimum absolute atomic E-state index is 0.111. The minimum Gasteiger partial charge on any atom is -0.329 e. The van der Waals surface area contributed by atoms with Crippen molar-refractivity contribution in [2.75, 3.05) is 6.54 Å². The number of piperazine rings is 1. The first-order valence-electron chi connectivity index (χ1n) is 7.14. The number of hydrogen-bond donors (Lipinski definition) is 0. The Labute approximate surface area is 122 Å². The third-order valence-corrected chi connectivity index (χ3v) is 5.04. The van der Waals surface area contributed by atoms with Crippen LogP contribution in [-0.2, 0) is 16.1 Å². The van der Waals surface area contributed by atoms with Gasteiger partial charge in [0.15, 0.2) is 0 Å². The lowest BCUT2D eigenvalue weighted by atomic mass is 10.0. The Morgan fingerprint density at radius 2 is 2.20 bits per heavy atom. The number of hydrogen-bond acceptors (Lipinski definition) is 4. The maximum absolute atomic E-state index is 12.6. The van der Waals surface area contributed by atoms with E-state index >= 15 is 0 Å². The summed E-state index contributed by atoms with van der Waals surface area (Å²) < 4.78 is 0. The molecule has 0 spiro atoms. The van der Waals surface area contributed by atoms with Crippen LogP contribution in [0, 0.1) is 6.92 Å². The summed E-state index contributed by atoms with van der Waals surface area (Å²) in [7, 11) is 0. The molecule has 2 amide bonds. The summed E-state index contributed by atoms with van der Waals surface area (Å²) in [5.41, 5.74) is 0. The Bertz CT molecular complexity index is 542. The molecule has 2 fully saturated rings. The molecule has 20 heavy (non-hydrogen) atoms. The molecule has 0 bridgehead atoms. The average Bonchev–Trinajstić information content (AvgIpc) is 3.05. The van der Waals surface area contributed by atoms with Crippen molar-refractivity contribution in [3.8, 4) is 0 Å². The van der Waals surface area contributed by atoms with Crippen molar-refractivity contribution in [2.45, 2.75) is 51.7 Å². The van der Waals surface area contributed by atoms with Crippen molar-refractivity contribution in [2.24, 2.45) is 0 Å². The summed E-state index contributed by atoms with van der Waals surface area (Å²) in [6.07, 6.45) is 4.22. The molecular weight excluding hydrogens is 274 g/mol. The summed E-state index contributed by atoms with van der Waals surface area (Å²) in [6.45, 7) is 5.17. The van der Waals surface area contributed by atoms with Crippen molar-refractivity contribution < 1.29 is 9.59 Å². The summed E-state index contributed by atoms with van der Waals surface area (Å²) in [4.78, 5) is 34.0. The van der Waals surface area contributed by atoms with Gasteiger partial charge in [-0.2, -0.15) is 0 Å². The normalized spacial score (nSPS) is 26.3. The molecule has 0 aliphatic carbocycles. The number of aromatic nitrogens is 1. The van der Waals surface area contributed by atoms with Gasteiger partial charge in [0, 0.05) is 17.6 Å². The van der Waals surface area contributed by atoms with Gasteiger partial charge in [-0.1, -0.05) is 6.92 Å². The summed E-state index contributed by atoms with van der Waals surface area (Å²) in [5.74, 6) is 0.232. The van der Waals surface area contributed by atoms with Crippen LogP contribution in [0.15, 0.2) is 6.20 Å². The summed E-state index contributed by atoms with van der Waals surface area (Å²) >= 11 is 1.59. The molecule has 2 saturated heterocycles. The number of carbonyl (C=O) groups excluding carboxylic acids is 2. The van der Waals surface area contributed by atoms with Gasteiger partial charge in [0.05, 0.1) is 11.6 Å². The highest BCUT2D eigenvalue weighted by Crippen LogP contribution is 2.29. The zero-order valence-corrected chi connectivity index (χ0v) is 12.7. The molecule has 0 aromatic carbocycles. The van der Waals surface area contributed by atoms with Crippen LogP contribution in [0.1, 0.15) is 36.1 Å². The lowest BCUT2D eigenvalue weighted by Gasteiger charge is -2.41. The van der Waals surface area contributed by atoms with Gasteiger partial charge in [0.2, 0.25) is 11.8 Å². The zero-order chi connectivity index (χ0) is 14.3. The van der Waals surface area contributed by atoms with E-state index in [1.807, 2.05) is 20.0 Å². The summed E-state index contributed by atoms with van der Waals surface area (Å²) in [5, 5.41) is 0.992. The highest BCUT2D eigenvalue weighted by molar-refractivity contribution is 7.11. The Balaban J connectivity index is 1.86. The van der Waals surface area contributed by atoms with E-state index in [4.69, 9.17) is 0 Å². The minimum atomic E-state index is -0.306. The second kappa shape index (κ2) is 5.16. The highest BCUT2D eigenvalue weighted by atomic mass is 32.1. The molecule has 1 aromatic heterocycles. The SMILES string of the molecule is CCC1C(=O)N2CCCC2C(=O)N1Cc1cnc(C)s1. The van der Waals surface area contributed by atoms with Crippen LogP contribution >= 0.6 is 11.3 Å². The number of aryl methyl sites for hydroxylation is 1. The molecule has 3 heterocycles. The predicted molar refractivity (Wildman–Crippen MR) is 76.2 cm³/mol. The topological polar surface area (TPSA) is 53.5 Å². The van der Waals surface area contributed by atoms with Crippen LogP contribution in [0.4, 0.5) is 0 Å². The standard InChI is InChI=1S/C14H19N3O2S/c1-3-11-13(18)16-6-4-5-12(16)14(19)17(11)8-10-7-15-9(2)20-10/h7,11-12H,3-6,8H2,1-2H3. The van der Waals surface area contributed by atoms with Crippen LogP contribution in [0.5, 0.6) is 0 Å². The van der Waals surface area contributed by atoms with Crippen LogP contribution < -0.4 is 0 Å². The molecule has 5 nitrogen and oxygen atoms in total. The lowest BCUT2D eigenvalue weighted by Crippen LogP contribution is -2.62. The quantitative estimate of drug-likeness (QED) is 0.850. The molecule has 2 aliphatic heterocycles. The largest absolute Gasteiger partial charge is 0.329 e. The van der Waals surface area contributed by atoms with Crippen molar-refractivity contribution >= 4 is 23.2 Å². The van der Waals surface area contributed by atoms with Crippen molar-refractivity contribution in [1.29, 1.82) is 0 Å². The van der Waals surface area contributed by atoms with Crippen LogP contribution in [0.2, 0.25) is 0 Å². The Kier molecular flexibility index (Phi) is 3.50. The first kappa shape index (κ1) is 13.5. The number of thiazole rings is 1.